The molecule has 0 aliphatic rings. The van der Waals surface area contributed by atoms with Gasteiger partial charge in [0.2, 0.25) is 10.6 Å². The molecule has 2 aromatic heterocycles. The molecule has 0 spiro atoms. The van der Waals surface area contributed by atoms with Crippen LogP contribution in [0.15, 0.2) is 48.5 Å². The molecule has 0 bridgehead atoms. The first-order valence-electron chi connectivity index (χ1n) is 9.18. The molecule has 2 N–H and O–H groups in total. The third-order valence-electron chi connectivity index (χ3n) is 4.48. The first kappa shape index (κ1) is 18.2. The quantitative estimate of drug-likeness (QED) is 0.484. The van der Waals surface area contributed by atoms with Crippen LogP contribution in [-0.4, -0.2) is 35.4 Å². The normalized spacial score (nSPS) is 11.2. The van der Waals surface area contributed by atoms with Crippen molar-refractivity contribution in [2.75, 3.05) is 0 Å². The molecule has 0 unspecified atom stereocenters. The Labute approximate surface area is 167 Å². The molecule has 4 rings (SSSR count). The van der Waals surface area contributed by atoms with Gasteiger partial charge in [0.25, 0.3) is 0 Å². The number of rotatable bonds is 6. The zero-order chi connectivity index (χ0) is 19.5. The van der Waals surface area contributed by atoms with Crippen molar-refractivity contribution in [2.24, 2.45) is 5.92 Å². The number of aromatic amines is 2. The number of hydrogen-bond donors (Lipinski definition) is 2. The Morgan fingerprint density at radius 3 is 2.46 bits per heavy atom. The summed E-state index contributed by atoms with van der Waals surface area (Å²) in [5.41, 5.74) is 4.29. The van der Waals surface area contributed by atoms with Crippen LogP contribution in [0.4, 0.5) is 0 Å². The molecule has 7 nitrogen and oxygen atoms in total. The van der Waals surface area contributed by atoms with Gasteiger partial charge >= 0.3 is 0 Å². The van der Waals surface area contributed by atoms with Crippen LogP contribution < -0.4 is 0 Å². The van der Waals surface area contributed by atoms with Crippen molar-refractivity contribution in [1.82, 2.24) is 35.4 Å². The fourth-order valence-electron chi connectivity index (χ4n) is 3.21. The second kappa shape index (κ2) is 7.85. The van der Waals surface area contributed by atoms with E-state index >= 15 is 0 Å². The Hall–Kier alpha value is -3.13. The number of tetrazole rings is 1. The molecule has 142 valence electrons. The van der Waals surface area contributed by atoms with Crippen LogP contribution in [0.5, 0.6) is 0 Å². The van der Waals surface area contributed by atoms with Crippen molar-refractivity contribution in [1.29, 1.82) is 0 Å². The van der Waals surface area contributed by atoms with E-state index in [9.17, 15) is 0 Å². The molecule has 8 heteroatoms. The van der Waals surface area contributed by atoms with Gasteiger partial charge < -0.3 is 0 Å². The van der Waals surface area contributed by atoms with Gasteiger partial charge in [-0.1, -0.05) is 62.4 Å². The summed E-state index contributed by atoms with van der Waals surface area (Å²) in [6.07, 6.45) is 0.892. The van der Waals surface area contributed by atoms with Crippen LogP contribution in [0.3, 0.4) is 0 Å². The van der Waals surface area contributed by atoms with E-state index < -0.39 is 0 Å². The van der Waals surface area contributed by atoms with Gasteiger partial charge in [-0.2, -0.15) is 5.21 Å². The highest BCUT2D eigenvalue weighted by Gasteiger charge is 2.11. The van der Waals surface area contributed by atoms with Crippen molar-refractivity contribution in [3.63, 3.8) is 0 Å². The number of nitrogens with zero attached hydrogens (tertiary/aromatic N) is 5. The molecule has 2 aromatic carbocycles. The number of benzene rings is 2. The predicted molar refractivity (Wildman–Crippen MR) is 110 cm³/mol. The lowest BCUT2D eigenvalue weighted by Crippen LogP contribution is -2.09. The molecule has 0 aliphatic carbocycles. The Morgan fingerprint density at radius 1 is 1.04 bits per heavy atom. The van der Waals surface area contributed by atoms with Crippen LogP contribution in [0.25, 0.3) is 22.5 Å². The lowest BCUT2D eigenvalue weighted by molar-refractivity contribution is 0.563. The van der Waals surface area contributed by atoms with E-state index in [1.165, 1.54) is 5.56 Å². The van der Waals surface area contributed by atoms with Gasteiger partial charge in [-0.15, -0.1) is 10.2 Å². The highest BCUT2D eigenvalue weighted by molar-refractivity contribution is 7.71. The summed E-state index contributed by atoms with van der Waals surface area (Å²) in [5.74, 6) is 2.10. The van der Waals surface area contributed by atoms with Crippen molar-refractivity contribution in [2.45, 2.75) is 26.8 Å². The minimum absolute atomic E-state index is 0.521. The Balaban J connectivity index is 1.60. The van der Waals surface area contributed by atoms with Gasteiger partial charge in [-0.3, -0.25) is 9.78 Å². The molecule has 2 heterocycles. The monoisotopic (exact) mass is 391 g/mol. The summed E-state index contributed by atoms with van der Waals surface area (Å²) in [6, 6.07) is 16.5. The molecule has 0 fully saturated rings. The van der Waals surface area contributed by atoms with Crippen molar-refractivity contribution >= 4 is 12.2 Å². The Morgan fingerprint density at radius 2 is 1.79 bits per heavy atom. The topological polar surface area (TPSA) is 88.1 Å². The smallest absolute Gasteiger partial charge is 0.213 e. The molecule has 0 saturated heterocycles. The zero-order valence-corrected chi connectivity index (χ0v) is 16.6. The molecular weight excluding hydrogens is 370 g/mol. The number of H-pyrrole nitrogens is 2. The van der Waals surface area contributed by atoms with Gasteiger partial charge in [-0.25, -0.2) is 4.98 Å². The summed E-state index contributed by atoms with van der Waals surface area (Å²) in [7, 11) is 0. The number of aromatic nitrogens is 7. The fourth-order valence-corrected chi connectivity index (χ4v) is 3.43. The van der Waals surface area contributed by atoms with Crippen molar-refractivity contribution in [3.8, 4) is 22.5 Å². The molecule has 0 saturated carbocycles. The Bertz CT molecular complexity index is 1110. The maximum Gasteiger partial charge on any atom is 0.213 e. The predicted octanol–water partition coefficient (Wildman–Crippen LogP) is 4.03. The summed E-state index contributed by atoms with van der Waals surface area (Å²) in [5, 5.41) is 17.6. The standard InChI is InChI=1S/C20H21N7S/c1-13(2)11-18-21-20(28)24-27(18)12-14-7-9-15(10-8-14)16-5-3-4-6-17(16)19-22-25-26-23-19/h3-10,13H,11-12H2,1-2H3,(H,24,28)(H,22,23,25,26). The fraction of sp³-hybridized carbons (Fsp3) is 0.250. The summed E-state index contributed by atoms with van der Waals surface area (Å²) in [4.78, 5) is 4.45. The van der Waals surface area contributed by atoms with E-state index in [1.807, 2.05) is 22.9 Å². The lowest BCUT2D eigenvalue weighted by Gasteiger charge is -2.11. The summed E-state index contributed by atoms with van der Waals surface area (Å²) < 4.78 is 2.56. The van der Waals surface area contributed by atoms with Crippen molar-refractivity contribution < 1.29 is 0 Å². The van der Waals surface area contributed by atoms with E-state index in [4.69, 9.17) is 12.2 Å². The van der Waals surface area contributed by atoms with Gasteiger partial charge in [0, 0.05) is 12.0 Å². The van der Waals surface area contributed by atoms with Crippen LogP contribution >= 0.6 is 12.2 Å². The first-order chi connectivity index (χ1) is 13.6. The van der Waals surface area contributed by atoms with Gasteiger partial charge in [0.1, 0.15) is 5.82 Å². The molecule has 0 aliphatic heterocycles. The SMILES string of the molecule is CC(C)Cc1nc(=S)[nH]n1Cc1ccc(-c2ccccc2-c2nn[nH]n2)cc1. The third-order valence-corrected chi connectivity index (χ3v) is 4.67. The van der Waals surface area contributed by atoms with Gasteiger partial charge in [0.05, 0.1) is 6.54 Å². The van der Waals surface area contributed by atoms with E-state index in [0.717, 1.165) is 28.9 Å². The zero-order valence-electron chi connectivity index (χ0n) is 15.8. The number of nitrogens with one attached hydrogen (secondary N) is 2. The lowest BCUT2D eigenvalue weighted by atomic mass is 9.98. The third kappa shape index (κ3) is 3.91. The molecule has 0 amide bonds. The van der Waals surface area contributed by atoms with Crippen LogP contribution in [0.1, 0.15) is 25.2 Å². The molecule has 4 aromatic rings. The Kier molecular flexibility index (Phi) is 5.12. The van der Waals surface area contributed by atoms with Crippen molar-refractivity contribution in [3.05, 3.63) is 64.7 Å². The molecule has 0 atom stereocenters. The summed E-state index contributed by atoms with van der Waals surface area (Å²) in [6.45, 7) is 5.06. The molecular formula is C20H21N7S. The molecule has 28 heavy (non-hydrogen) atoms. The minimum Gasteiger partial charge on any atom is -0.271 e. The number of hydrogen-bond acceptors (Lipinski definition) is 5. The van der Waals surface area contributed by atoms with E-state index in [0.29, 0.717) is 23.1 Å². The maximum atomic E-state index is 5.22. The van der Waals surface area contributed by atoms with Gasteiger partial charge in [0.15, 0.2) is 0 Å². The average molecular weight is 392 g/mol. The van der Waals surface area contributed by atoms with Crippen LogP contribution in [0.2, 0.25) is 0 Å². The first-order valence-corrected chi connectivity index (χ1v) is 9.59. The highest BCUT2D eigenvalue weighted by atomic mass is 32.1. The highest BCUT2D eigenvalue weighted by Crippen LogP contribution is 2.29. The van der Waals surface area contributed by atoms with E-state index in [-0.39, 0.29) is 0 Å². The maximum absolute atomic E-state index is 5.22. The van der Waals surface area contributed by atoms with Gasteiger partial charge in [-0.05, 0) is 40.0 Å². The van der Waals surface area contributed by atoms with E-state index in [1.54, 1.807) is 0 Å². The average Bonchev–Trinajstić information content (AvgIpc) is 3.32. The van der Waals surface area contributed by atoms with Crippen LogP contribution in [0, 0.1) is 10.7 Å². The minimum atomic E-state index is 0.521. The second-order valence-electron chi connectivity index (χ2n) is 7.11. The molecule has 0 radical (unpaired) electrons. The largest absolute Gasteiger partial charge is 0.271 e. The second-order valence-corrected chi connectivity index (χ2v) is 7.49. The van der Waals surface area contributed by atoms with E-state index in [2.05, 4.69) is 74.9 Å². The van der Waals surface area contributed by atoms with Crippen LogP contribution in [-0.2, 0) is 13.0 Å². The summed E-state index contributed by atoms with van der Waals surface area (Å²) >= 11 is 5.22.